The van der Waals surface area contributed by atoms with Crippen molar-refractivity contribution in [2.45, 2.75) is 97.3 Å². The molecule has 0 amide bonds. The minimum atomic E-state index is 0. The van der Waals surface area contributed by atoms with E-state index in [1.54, 1.807) is 0 Å². The maximum atomic E-state index is 4.96. The van der Waals surface area contributed by atoms with E-state index in [2.05, 4.69) is 179 Å². The number of rotatable bonds is 11. The van der Waals surface area contributed by atoms with E-state index in [9.17, 15) is 0 Å². The van der Waals surface area contributed by atoms with Gasteiger partial charge in [-0.25, -0.2) is 0 Å². The van der Waals surface area contributed by atoms with Crippen molar-refractivity contribution in [1.29, 1.82) is 0 Å². The van der Waals surface area contributed by atoms with Crippen molar-refractivity contribution in [3.05, 3.63) is 179 Å². The summed E-state index contributed by atoms with van der Waals surface area (Å²) in [6, 6.07) is 51.9. The summed E-state index contributed by atoms with van der Waals surface area (Å²) in [4.78, 5) is 9.65. The van der Waals surface area contributed by atoms with Crippen LogP contribution in [0.4, 0.5) is 0 Å². The van der Waals surface area contributed by atoms with Gasteiger partial charge in [-0.1, -0.05) is 155 Å². The Morgan fingerprint density at radius 1 is 0.569 bits per heavy atom. The van der Waals surface area contributed by atoms with E-state index in [4.69, 9.17) is 4.98 Å². The van der Waals surface area contributed by atoms with Crippen LogP contribution in [0.2, 0.25) is 0 Å². The Balaban J connectivity index is 0.00000512. The first kappa shape index (κ1) is 41.2. The summed E-state index contributed by atoms with van der Waals surface area (Å²) in [5, 5.41) is 0. The van der Waals surface area contributed by atoms with Crippen LogP contribution < -0.4 is 0 Å². The molecule has 5 aromatic carbocycles. The fraction of sp³-hybridized carbons (Fsp3) is 0.273. The average Bonchev–Trinajstić information content (AvgIpc) is 3.26. The maximum Gasteiger partial charge on any atom is 0.0201 e. The van der Waals surface area contributed by atoms with Gasteiger partial charge >= 0.3 is 0 Å². The zero-order valence-electron chi connectivity index (χ0n) is 34.6. The fourth-order valence-corrected chi connectivity index (χ4v) is 8.56. The van der Waals surface area contributed by atoms with Gasteiger partial charge in [0.2, 0.25) is 0 Å². The Bertz CT molecular complexity index is 2420. The van der Waals surface area contributed by atoms with Gasteiger partial charge in [-0.3, -0.25) is 0 Å². The topological polar surface area (TPSA) is 25.8 Å². The van der Waals surface area contributed by atoms with Gasteiger partial charge in [0.1, 0.15) is 0 Å². The smallest absolute Gasteiger partial charge is 0.0201 e. The summed E-state index contributed by atoms with van der Waals surface area (Å²) in [6.07, 6.45) is 12.7. The Kier molecular flexibility index (Phi) is 13.3. The van der Waals surface area contributed by atoms with E-state index < -0.39 is 0 Å². The second-order valence-corrected chi connectivity index (χ2v) is 16.8. The van der Waals surface area contributed by atoms with Gasteiger partial charge in [-0.15, -0.1) is 65.2 Å². The van der Waals surface area contributed by atoms with Gasteiger partial charge in [0.25, 0.3) is 0 Å². The quantitative estimate of drug-likeness (QED) is 0.121. The standard InChI is InChI=1S/C55H54N2.Ir/c1-37(2)48-29-30-54(56-35-48)46-19-17-40(18-20-46)15-16-41-31-39(5)32-49(33-41)51-14-10-9-13-50(51)44-25-27-47(28-26-44)55-34-52(53(36-57-55)38(3)4)45-23-21-43(22-24-45)42-11-7-6-8-12-42;/h9-10,13-14,17-19,21-27,29-38,42H,6-8,11-12,15-16H2,1-5H3;/q-2;. The average molecular weight is 935 g/mol. The van der Waals surface area contributed by atoms with E-state index in [0.29, 0.717) is 17.8 Å². The third-order valence-electron chi connectivity index (χ3n) is 11.9. The molecule has 1 aliphatic rings. The van der Waals surface area contributed by atoms with E-state index in [1.165, 1.54) is 93.3 Å². The molecular weight excluding hydrogens is 881 g/mol. The maximum absolute atomic E-state index is 4.96. The van der Waals surface area contributed by atoms with E-state index >= 15 is 0 Å². The molecule has 1 radical (unpaired) electrons. The molecule has 0 atom stereocenters. The number of nitrogens with zero attached hydrogens (tertiary/aromatic N) is 2. The molecule has 2 heterocycles. The number of hydrogen-bond acceptors (Lipinski definition) is 2. The first-order valence-corrected chi connectivity index (χ1v) is 21.1. The van der Waals surface area contributed by atoms with Gasteiger partial charge in [-0.05, 0) is 99.8 Å². The molecule has 0 aliphatic heterocycles. The number of pyridine rings is 2. The van der Waals surface area contributed by atoms with E-state index in [0.717, 1.165) is 40.9 Å². The molecule has 1 saturated carbocycles. The van der Waals surface area contributed by atoms with Gasteiger partial charge < -0.3 is 9.97 Å². The van der Waals surface area contributed by atoms with Gasteiger partial charge in [0.05, 0.1) is 0 Å². The van der Waals surface area contributed by atoms with Gasteiger partial charge in [0.15, 0.2) is 0 Å². The molecule has 58 heavy (non-hydrogen) atoms. The molecule has 0 N–H and O–H groups in total. The second kappa shape index (κ2) is 18.8. The Morgan fingerprint density at radius 3 is 1.90 bits per heavy atom. The number of aromatic nitrogens is 2. The zero-order valence-corrected chi connectivity index (χ0v) is 37.0. The fourth-order valence-electron chi connectivity index (χ4n) is 8.56. The van der Waals surface area contributed by atoms with Crippen LogP contribution in [0.25, 0.3) is 55.9 Å². The zero-order chi connectivity index (χ0) is 39.3. The summed E-state index contributed by atoms with van der Waals surface area (Å²) in [7, 11) is 0. The Labute approximate surface area is 360 Å². The summed E-state index contributed by atoms with van der Waals surface area (Å²) in [5.41, 5.74) is 19.3. The SMILES string of the molecule is Cc1cc(CCc2c[c-]c(-c3ccc(C(C)C)cn3)cc2)cc(-c2ccccc2-c2c[c-]c(-c3cc(-c4ccc(C5CCCCC5)cc4)c(C(C)C)cn3)cc2)c1.[Ir]. The third-order valence-corrected chi connectivity index (χ3v) is 11.9. The largest absolute Gasteiger partial charge is 0.304 e. The molecule has 0 unspecified atom stereocenters. The number of hydrogen-bond donors (Lipinski definition) is 0. The van der Waals surface area contributed by atoms with Crippen molar-refractivity contribution in [3.63, 3.8) is 0 Å². The van der Waals surface area contributed by atoms with Crippen molar-refractivity contribution >= 4 is 0 Å². The monoisotopic (exact) mass is 935 g/mol. The second-order valence-electron chi connectivity index (χ2n) is 16.8. The van der Waals surface area contributed by atoms with Crippen LogP contribution >= 0.6 is 0 Å². The molecule has 1 aliphatic carbocycles. The Hall–Kier alpha value is -4.95. The number of aryl methyl sites for hydroxylation is 3. The van der Waals surface area contributed by atoms with Crippen LogP contribution in [0.5, 0.6) is 0 Å². The van der Waals surface area contributed by atoms with Crippen molar-refractivity contribution in [1.82, 2.24) is 9.97 Å². The van der Waals surface area contributed by atoms with Crippen molar-refractivity contribution < 1.29 is 20.1 Å². The molecular formula is C55H54IrN2-2. The van der Waals surface area contributed by atoms with Crippen molar-refractivity contribution in [2.75, 3.05) is 0 Å². The molecule has 295 valence electrons. The minimum absolute atomic E-state index is 0. The minimum Gasteiger partial charge on any atom is -0.304 e. The van der Waals surface area contributed by atoms with Gasteiger partial charge in [-0.2, -0.15) is 0 Å². The van der Waals surface area contributed by atoms with Crippen molar-refractivity contribution in [2.24, 2.45) is 0 Å². The van der Waals surface area contributed by atoms with Crippen LogP contribution in [0.3, 0.4) is 0 Å². The van der Waals surface area contributed by atoms with Gasteiger partial charge in [0, 0.05) is 32.5 Å². The van der Waals surface area contributed by atoms with E-state index in [-0.39, 0.29) is 20.1 Å². The Morgan fingerprint density at radius 2 is 1.24 bits per heavy atom. The molecule has 7 aromatic rings. The first-order chi connectivity index (χ1) is 27.8. The first-order valence-electron chi connectivity index (χ1n) is 21.1. The predicted octanol–water partition coefficient (Wildman–Crippen LogP) is 14.8. The molecule has 0 saturated heterocycles. The summed E-state index contributed by atoms with van der Waals surface area (Å²) < 4.78 is 0. The molecule has 0 spiro atoms. The number of benzene rings is 5. The molecule has 1 fully saturated rings. The summed E-state index contributed by atoms with van der Waals surface area (Å²) in [5.74, 6) is 1.57. The third kappa shape index (κ3) is 9.50. The van der Waals surface area contributed by atoms with Crippen LogP contribution in [0.1, 0.15) is 111 Å². The molecule has 3 heteroatoms. The molecule has 8 rings (SSSR count). The normalized spacial score (nSPS) is 13.2. The predicted molar refractivity (Wildman–Crippen MR) is 239 cm³/mol. The molecule has 2 nitrogen and oxygen atoms in total. The van der Waals surface area contributed by atoms with Crippen molar-refractivity contribution in [3.8, 4) is 55.9 Å². The summed E-state index contributed by atoms with van der Waals surface area (Å²) in [6.45, 7) is 11.1. The van der Waals surface area contributed by atoms with Crippen LogP contribution in [-0.4, -0.2) is 9.97 Å². The molecule has 0 bridgehead atoms. The molecule has 2 aromatic heterocycles. The summed E-state index contributed by atoms with van der Waals surface area (Å²) >= 11 is 0. The van der Waals surface area contributed by atoms with Crippen LogP contribution in [-0.2, 0) is 32.9 Å². The van der Waals surface area contributed by atoms with Crippen LogP contribution in [0, 0.1) is 19.1 Å². The van der Waals surface area contributed by atoms with Crippen LogP contribution in [0.15, 0.2) is 134 Å². The van der Waals surface area contributed by atoms with E-state index in [1.807, 2.05) is 6.20 Å².